The Bertz CT molecular complexity index is 304. The molecule has 0 bridgehead atoms. The molecule has 1 heterocycles. The Morgan fingerprint density at radius 3 is 2.21 bits per heavy atom. The first-order valence-corrected chi connectivity index (χ1v) is 7.59. The monoisotopic (exact) mass is 267 g/mol. The molecule has 0 saturated carbocycles. The van der Waals surface area contributed by atoms with Gasteiger partial charge in [0.2, 0.25) is 0 Å². The number of nitrogens with zero attached hydrogens (tertiary/aromatic N) is 4. The highest BCUT2D eigenvalue weighted by molar-refractivity contribution is 4.81. The molecule has 0 radical (unpaired) electrons. The van der Waals surface area contributed by atoms with Gasteiger partial charge in [0.1, 0.15) is 6.17 Å². The smallest absolute Gasteiger partial charge is 0.116 e. The predicted octanol–water partition coefficient (Wildman–Crippen LogP) is 2.42. The Labute approximate surface area is 117 Å². The number of rotatable bonds is 10. The third-order valence-corrected chi connectivity index (χ3v) is 3.63. The lowest BCUT2D eigenvalue weighted by atomic mass is 10.1. The molecule has 1 aromatic heterocycles. The van der Waals surface area contributed by atoms with Gasteiger partial charge >= 0.3 is 0 Å². The van der Waals surface area contributed by atoms with Gasteiger partial charge in [0.05, 0.1) is 6.20 Å². The highest BCUT2D eigenvalue weighted by atomic mass is 15.5. The van der Waals surface area contributed by atoms with Gasteiger partial charge in [-0.15, -0.1) is 5.10 Å². The minimum absolute atomic E-state index is 0.110. The Balaban J connectivity index is 2.70. The Hall–Kier alpha value is -0.940. The average molecular weight is 267 g/mol. The van der Waals surface area contributed by atoms with Gasteiger partial charge in [-0.05, 0) is 32.4 Å². The molecule has 0 aromatic carbocycles. The van der Waals surface area contributed by atoms with Crippen LogP contribution in [0.5, 0.6) is 0 Å². The fourth-order valence-corrected chi connectivity index (χ4v) is 2.43. The number of hydrogen-bond acceptors (Lipinski definition) is 4. The minimum Gasteiger partial charge on any atom is -0.308 e. The second kappa shape index (κ2) is 9.04. The molecular weight excluding hydrogens is 238 g/mol. The van der Waals surface area contributed by atoms with Crippen molar-refractivity contribution in [3.8, 4) is 0 Å². The van der Waals surface area contributed by atoms with Gasteiger partial charge in [-0.1, -0.05) is 38.8 Å². The van der Waals surface area contributed by atoms with E-state index in [9.17, 15) is 0 Å². The summed E-state index contributed by atoms with van der Waals surface area (Å²) in [6, 6.07) is 0.333. The molecule has 0 aliphatic carbocycles. The number of hydrogen-bond donors (Lipinski definition) is 1. The zero-order valence-corrected chi connectivity index (χ0v) is 12.6. The van der Waals surface area contributed by atoms with Crippen molar-refractivity contribution in [3.05, 3.63) is 12.4 Å². The van der Waals surface area contributed by atoms with E-state index < -0.39 is 0 Å². The van der Waals surface area contributed by atoms with E-state index in [1.807, 2.05) is 6.20 Å². The molecule has 1 aromatic rings. The lowest BCUT2D eigenvalue weighted by molar-refractivity contribution is 0.130. The molecule has 5 heteroatoms. The molecule has 0 aliphatic heterocycles. The van der Waals surface area contributed by atoms with Crippen LogP contribution in [0.25, 0.3) is 0 Å². The summed E-state index contributed by atoms with van der Waals surface area (Å²) in [6.45, 7) is 8.91. The van der Waals surface area contributed by atoms with Crippen LogP contribution in [0.1, 0.15) is 59.0 Å². The maximum absolute atomic E-state index is 6.36. The van der Waals surface area contributed by atoms with Gasteiger partial charge in [-0.25, -0.2) is 4.68 Å². The van der Waals surface area contributed by atoms with Crippen molar-refractivity contribution in [2.45, 2.75) is 65.1 Å². The quantitative estimate of drug-likeness (QED) is 0.707. The van der Waals surface area contributed by atoms with Crippen LogP contribution >= 0.6 is 0 Å². The summed E-state index contributed by atoms with van der Waals surface area (Å²) in [6.07, 6.45) is 9.36. The second-order valence-corrected chi connectivity index (χ2v) is 5.09. The van der Waals surface area contributed by atoms with E-state index in [-0.39, 0.29) is 6.17 Å². The number of nitrogens with two attached hydrogens (primary N) is 1. The van der Waals surface area contributed by atoms with Crippen LogP contribution in [0.3, 0.4) is 0 Å². The van der Waals surface area contributed by atoms with Gasteiger partial charge in [-0.2, -0.15) is 0 Å². The maximum Gasteiger partial charge on any atom is 0.116 e. The predicted molar refractivity (Wildman–Crippen MR) is 78.7 cm³/mol. The summed E-state index contributed by atoms with van der Waals surface area (Å²) in [5, 5.41) is 7.90. The van der Waals surface area contributed by atoms with Gasteiger partial charge in [0.25, 0.3) is 0 Å². The standard InChI is InChI=1S/C14H29N5/c1-4-7-10-18(11-8-5-2)13(6-3)14(15)19-12-9-16-17-19/h9,12-14H,4-8,10-11,15H2,1-3H3. The van der Waals surface area contributed by atoms with Crippen molar-refractivity contribution < 1.29 is 0 Å². The lowest BCUT2D eigenvalue weighted by Gasteiger charge is -2.34. The van der Waals surface area contributed by atoms with Crippen LogP contribution < -0.4 is 5.73 Å². The Morgan fingerprint density at radius 2 is 1.79 bits per heavy atom. The van der Waals surface area contributed by atoms with Crippen molar-refractivity contribution in [3.63, 3.8) is 0 Å². The molecule has 0 amide bonds. The van der Waals surface area contributed by atoms with Crippen LogP contribution in [0, 0.1) is 0 Å². The normalized spacial score (nSPS) is 14.8. The molecule has 5 nitrogen and oxygen atoms in total. The van der Waals surface area contributed by atoms with E-state index in [4.69, 9.17) is 5.73 Å². The third kappa shape index (κ3) is 4.91. The van der Waals surface area contributed by atoms with Gasteiger partial charge in [0.15, 0.2) is 0 Å². The summed E-state index contributed by atoms with van der Waals surface area (Å²) in [7, 11) is 0. The number of aromatic nitrogens is 3. The van der Waals surface area contributed by atoms with Crippen LogP contribution in [0.15, 0.2) is 12.4 Å². The largest absolute Gasteiger partial charge is 0.308 e. The molecular formula is C14H29N5. The summed E-state index contributed by atoms with van der Waals surface area (Å²) in [4.78, 5) is 2.53. The van der Waals surface area contributed by atoms with E-state index in [1.165, 1.54) is 25.7 Å². The minimum atomic E-state index is -0.110. The van der Waals surface area contributed by atoms with E-state index in [1.54, 1.807) is 10.9 Å². The van der Waals surface area contributed by atoms with E-state index >= 15 is 0 Å². The summed E-state index contributed by atoms with van der Waals surface area (Å²) >= 11 is 0. The van der Waals surface area contributed by atoms with Crippen LogP contribution in [0.4, 0.5) is 0 Å². The second-order valence-electron chi connectivity index (χ2n) is 5.09. The lowest BCUT2D eigenvalue weighted by Crippen LogP contribution is -2.46. The molecule has 0 fully saturated rings. The average Bonchev–Trinajstić information content (AvgIpc) is 2.95. The van der Waals surface area contributed by atoms with Crippen molar-refractivity contribution in [1.82, 2.24) is 19.9 Å². The first-order chi connectivity index (χ1) is 9.24. The maximum atomic E-state index is 6.36. The molecule has 19 heavy (non-hydrogen) atoms. The molecule has 0 spiro atoms. The van der Waals surface area contributed by atoms with Crippen LogP contribution in [-0.4, -0.2) is 39.0 Å². The van der Waals surface area contributed by atoms with E-state index in [0.29, 0.717) is 6.04 Å². The van der Waals surface area contributed by atoms with Gasteiger partial charge < -0.3 is 5.73 Å². The molecule has 110 valence electrons. The van der Waals surface area contributed by atoms with Crippen LogP contribution in [-0.2, 0) is 0 Å². The first-order valence-electron chi connectivity index (χ1n) is 7.59. The topological polar surface area (TPSA) is 60.0 Å². The Morgan fingerprint density at radius 1 is 1.16 bits per heavy atom. The SMILES string of the molecule is CCCCN(CCCC)C(CC)C(N)n1ccnn1. The van der Waals surface area contributed by atoms with Crippen molar-refractivity contribution >= 4 is 0 Å². The zero-order chi connectivity index (χ0) is 14.1. The van der Waals surface area contributed by atoms with Crippen molar-refractivity contribution in [1.29, 1.82) is 0 Å². The van der Waals surface area contributed by atoms with E-state index in [0.717, 1.165) is 19.5 Å². The highest BCUT2D eigenvalue weighted by Gasteiger charge is 2.24. The molecule has 1 rings (SSSR count). The van der Waals surface area contributed by atoms with Crippen LogP contribution in [0.2, 0.25) is 0 Å². The third-order valence-electron chi connectivity index (χ3n) is 3.63. The first kappa shape index (κ1) is 16.1. The van der Waals surface area contributed by atoms with Crippen molar-refractivity contribution in [2.24, 2.45) is 5.73 Å². The van der Waals surface area contributed by atoms with Gasteiger partial charge in [-0.3, -0.25) is 4.90 Å². The molecule has 0 saturated heterocycles. The number of unbranched alkanes of at least 4 members (excludes halogenated alkanes) is 2. The highest BCUT2D eigenvalue weighted by Crippen LogP contribution is 2.16. The van der Waals surface area contributed by atoms with Crippen molar-refractivity contribution in [2.75, 3.05) is 13.1 Å². The molecule has 2 N–H and O–H groups in total. The fraction of sp³-hybridized carbons (Fsp3) is 0.857. The summed E-state index contributed by atoms with van der Waals surface area (Å²) < 4.78 is 1.78. The summed E-state index contributed by atoms with van der Waals surface area (Å²) in [5.41, 5.74) is 6.36. The zero-order valence-electron chi connectivity index (χ0n) is 12.6. The molecule has 2 atom stereocenters. The Kier molecular flexibility index (Phi) is 7.67. The summed E-state index contributed by atoms with van der Waals surface area (Å²) in [5.74, 6) is 0. The molecule has 2 unspecified atom stereocenters. The fourth-order valence-electron chi connectivity index (χ4n) is 2.43. The van der Waals surface area contributed by atoms with E-state index in [2.05, 4.69) is 36.0 Å². The molecule has 0 aliphatic rings. The van der Waals surface area contributed by atoms with Gasteiger partial charge in [0, 0.05) is 12.2 Å².